The average Bonchev–Trinajstić information content (AvgIpc) is 2.93. The number of hydrogen-bond acceptors (Lipinski definition) is 5. The minimum atomic E-state index is -0.303. The summed E-state index contributed by atoms with van der Waals surface area (Å²) in [6.07, 6.45) is 1.32. The summed E-state index contributed by atoms with van der Waals surface area (Å²) in [5, 5.41) is 20.2. The predicted octanol–water partition coefficient (Wildman–Crippen LogP) is 2.48. The van der Waals surface area contributed by atoms with Crippen molar-refractivity contribution in [1.29, 1.82) is 0 Å². The summed E-state index contributed by atoms with van der Waals surface area (Å²) in [5.41, 5.74) is 1.02. The number of piperidine rings is 1. The topological polar surface area (TPSA) is 49.2 Å². The molecule has 1 saturated heterocycles. The first-order chi connectivity index (χ1) is 10.1. The van der Waals surface area contributed by atoms with Crippen LogP contribution in [-0.4, -0.2) is 34.5 Å². The highest BCUT2D eigenvalue weighted by molar-refractivity contribution is 7.15. The Hall–Kier alpha value is -1.53. The van der Waals surface area contributed by atoms with Gasteiger partial charge in [-0.05, 0) is 30.0 Å². The van der Waals surface area contributed by atoms with Crippen LogP contribution in [0.3, 0.4) is 0 Å². The molecule has 1 aliphatic heterocycles. The first kappa shape index (κ1) is 14.4. The number of aromatic nitrogens is 2. The predicted molar refractivity (Wildman–Crippen MR) is 81.1 cm³/mol. The highest BCUT2D eigenvalue weighted by atomic mass is 32.1. The molecule has 1 N–H and O–H groups in total. The van der Waals surface area contributed by atoms with E-state index in [2.05, 4.69) is 22.0 Å². The van der Waals surface area contributed by atoms with Crippen LogP contribution in [0.25, 0.3) is 0 Å². The fraction of sp³-hybridized carbons (Fsp3) is 0.467. The zero-order valence-electron chi connectivity index (χ0n) is 11.9. The van der Waals surface area contributed by atoms with Gasteiger partial charge in [-0.25, -0.2) is 4.39 Å². The normalized spacial score (nSPS) is 22.5. The first-order valence-corrected chi connectivity index (χ1v) is 7.93. The average molecular weight is 307 g/mol. The number of halogens is 1. The summed E-state index contributed by atoms with van der Waals surface area (Å²) in [7, 11) is 0. The minimum absolute atomic E-state index is 0.229. The Morgan fingerprint density at radius 2 is 2.10 bits per heavy atom. The number of aliphatic hydroxyl groups is 1. The molecule has 0 aliphatic carbocycles. The van der Waals surface area contributed by atoms with E-state index >= 15 is 0 Å². The molecule has 2 heterocycles. The lowest BCUT2D eigenvalue weighted by atomic mass is 9.96. The molecule has 6 heteroatoms. The Morgan fingerprint density at radius 3 is 2.81 bits per heavy atom. The van der Waals surface area contributed by atoms with Crippen LogP contribution >= 0.6 is 11.3 Å². The molecule has 112 valence electrons. The highest BCUT2D eigenvalue weighted by Crippen LogP contribution is 2.27. The van der Waals surface area contributed by atoms with Gasteiger partial charge >= 0.3 is 0 Å². The van der Waals surface area contributed by atoms with Crippen molar-refractivity contribution in [2.24, 2.45) is 5.92 Å². The monoisotopic (exact) mass is 307 g/mol. The molecule has 2 atom stereocenters. The summed E-state index contributed by atoms with van der Waals surface area (Å²) in [4.78, 5) is 2.09. The number of benzene rings is 1. The highest BCUT2D eigenvalue weighted by Gasteiger charge is 2.26. The zero-order valence-corrected chi connectivity index (χ0v) is 12.7. The summed E-state index contributed by atoms with van der Waals surface area (Å²) in [6, 6.07) is 6.45. The molecule has 1 aliphatic rings. The molecule has 3 rings (SSSR count). The number of anilines is 1. The van der Waals surface area contributed by atoms with Gasteiger partial charge < -0.3 is 10.0 Å². The zero-order chi connectivity index (χ0) is 14.8. The van der Waals surface area contributed by atoms with Crippen LogP contribution in [0.5, 0.6) is 0 Å². The van der Waals surface area contributed by atoms with Crippen molar-refractivity contribution in [2.45, 2.75) is 25.9 Å². The summed E-state index contributed by atoms with van der Waals surface area (Å²) < 4.78 is 12.9. The van der Waals surface area contributed by atoms with E-state index < -0.39 is 0 Å². The van der Waals surface area contributed by atoms with Gasteiger partial charge in [-0.1, -0.05) is 30.4 Å². The smallest absolute Gasteiger partial charge is 0.208 e. The fourth-order valence-corrected chi connectivity index (χ4v) is 3.35. The molecule has 21 heavy (non-hydrogen) atoms. The molecule has 1 fully saturated rings. The molecule has 0 spiro atoms. The number of nitrogens with zero attached hydrogens (tertiary/aromatic N) is 3. The largest absolute Gasteiger partial charge is 0.391 e. The lowest BCUT2D eigenvalue weighted by Crippen LogP contribution is -2.42. The fourth-order valence-electron chi connectivity index (χ4n) is 2.44. The van der Waals surface area contributed by atoms with Crippen molar-refractivity contribution >= 4 is 16.5 Å². The third-order valence-corrected chi connectivity index (χ3v) is 4.90. The van der Waals surface area contributed by atoms with Crippen molar-refractivity contribution in [1.82, 2.24) is 10.2 Å². The van der Waals surface area contributed by atoms with Crippen LogP contribution in [0, 0.1) is 11.7 Å². The molecular weight excluding hydrogens is 289 g/mol. The number of β-amino-alcohol motifs (C(OH)–C–C–N with tert-alkyl or cyclic N) is 1. The molecule has 4 nitrogen and oxygen atoms in total. The van der Waals surface area contributed by atoms with Crippen LogP contribution in [0.2, 0.25) is 0 Å². The second-order valence-electron chi connectivity index (χ2n) is 5.56. The van der Waals surface area contributed by atoms with E-state index in [0.717, 1.165) is 28.7 Å². The van der Waals surface area contributed by atoms with Gasteiger partial charge in [-0.3, -0.25) is 0 Å². The van der Waals surface area contributed by atoms with E-state index in [1.807, 2.05) is 0 Å². The molecule has 1 aromatic carbocycles. The second-order valence-corrected chi connectivity index (χ2v) is 6.60. The van der Waals surface area contributed by atoms with E-state index in [0.29, 0.717) is 18.9 Å². The molecule has 2 aromatic rings. The number of hydrogen-bond donors (Lipinski definition) is 1. The molecule has 1 aromatic heterocycles. The summed E-state index contributed by atoms with van der Waals surface area (Å²) in [5.74, 6) is 0.112. The Bertz CT molecular complexity index is 601. The third-order valence-electron chi connectivity index (χ3n) is 3.91. The van der Waals surface area contributed by atoms with Crippen molar-refractivity contribution in [3.8, 4) is 0 Å². The van der Waals surface area contributed by atoms with Gasteiger partial charge in [0.15, 0.2) is 0 Å². The van der Waals surface area contributed by atoms with Crippen molar-refractivity contribution in [3.63, 3.8) is 0 Å². The maximum Gasteiger partial charge on any atom is 0.208 e. The van der Waals surface area contributed by atoms with E-state index in [4.69, 9.17) is 0 Å². The second kappa shape index (κ2) is 6.07. The lowest BCUT2D eigenvalue weighted by molar-refractivity contribution is 0.103. The van der Waals surface area contributed by atoms with Gasteiger partial charge in [0.1, 0.15) is 10.8 Å². The SMILES string of the molecule is CC1CCN(c2nnc(Cc3ccc(F)cc3)s2)CC1O. The maximum absolute atomic E-state index is 12.9. The van der Waals surface area contributed by atoms with Gasteiger partial charge in [0, 0.05) is 19.5 Å². The molecule has 0 radical (unpaired) electrons. The number of aliphatic hydroxyl groups excluding tert-OH is 1. The van der Waals surface area contributed by atoms with Crippen molar-refractivity contribution in [3.05, 3.63) is 40.7 Å². The quantitative estimate of drug-likeness (QED) is 0.946. The van der Waals surface area contributed by atoms with Crippen LogP contribution in [0.15, 0.2) is 24.3 Å². The molecule has 2 unspecified atom stereocenters. The first-order valence-electron chi connectivity index (χ1n) is 7.11. The molecule has 0 saturated carbocycles. The molecule has 0 amide bonds. The van der Waals surface area contributed by atoms with Crippen molar-refractivity contribution in [2.75, 3.05) is 18.0 Å². The van der Waals surface area contributed by atoms with Crippen LogP contribution in [0.1, 0.15) is 23.9 Å². The van der Waals surface area contributed by atoms with Gasteiger partial charge in [0.25, 0.3) is 0 Å². The Kier molecular flexibility index (Phi) is 4.17. The van der Waals surface area contributed by atoms with Crippen LogP contribution < -0.4 is 4.90 Å². The lowest BCUT2D eigenvalue weighted by Gasteiger charge is -2.33. The van der Waals surface area contributed by atoms with E-state index in [-0.39, 0.29) is 11.9 Å². The van der Waals surface area contributed by atoms with E-state index in [9.17, 15) is 9.50 Å². The Labute approximate surface area is 127 Å². The van der Waals surface area contributed by atoms with Gasteiger partial charge in [0.05, 0.1) is 6.10 Å². The summed E-state index contributed by atoms with van der Waals surface area (Å²) >= 11 is 1.54. The summed E-state index contributed by atoms with van der Waals surface area (Å²) in [6.45, 7) is 3.60. The van der Waals surface area contributed by atoms with Crippen LogP contribution in [-0.2, 0) is 6.42 Å². The minimum Gasteiger partial charge on any atom is -0.391 e. The van der Waals surface area contributed by atoms with Gasteiger partial charge in [0.2, 0.25) is 5.13 Å². The van der Waals surface area contributed by atoms with Gasteiger partial charge in [-0.2, -0.15) is 0 Å². The standard InChI is InChI=1S/C15H18FN3OS/c1-10-6-7-19(9-13(10)20)15-18-17-14(21-15)8-11-2-4-12(16)5-3-11/h2-5,10,13,20H,6-9H2,1H3. The van der Waals surface area contributed by atoms with E-state index in [1.54, 1.807) is 23.5 Å². The van der Waals surface area contributed by atoms with Crippen molar-refractivity contribution < 1.29 is 9.50 Å². The third kappa shape index (κ3) is 3.39. The Morgan fingerprint density at radius 1 is 1.33 bits per heavy atom. The van der Waals surface area contributed by atoms with E-state index in [1.165, 1.54) is 12.1 Å². The Balaban J connectivity index is 1.67. The van der Waals surface area contributed by atoms with Gasteiger partial charge in [-0.15, -0.1) is 10.2 Å². The molecule has 0 bridgehead atoms. The molecular formula is C15H18FN3OS. The number of rotatable bonds is 3. The maximum atomic E-state index is 12.9. The van der Waals surface area contributed by atoms with Crippen LogP contribution in [0.4, 0.5) is 9.52 Å².